The molecule has 1 N–H and O–H groups in total. The van der Waals surface area contributed by atoms with Crippen molar-refractivity contribution in [2.45, 2.75) is 50.6 Å². The molecule has 4 atom stereocenters. The molecule has 0 aromatic heterocycles. The number of hydrogen-bond donors (Lipinski definition) is 1. The predicted octanol–water partition coefficient (Wildman–Crippen LogP) is 1.72. The van der Waals surface area contributed by atoms with Gasteiger partial charge < -0.3 is 5.11 Å². The average Bonchev–Trinajstić information content (AvgIpc) is 2.75. The number of fused-ring (bicyclic) bond motifs is 3. The van der Waals surface area contributed by atoms with Crippen molar-refractivity contribution < 1.29 is 9.90 Å². The topological polar surface area (TPSA) is 40.5 Å². The van der Waals surface area contributed by atoms with Gasteiger partial charge in [0.25, 0.3) is 0 Å². The first kappa shape index (κ1) is 9.64. The predicted molar refractivity (Wildman–Crippen MR) is 56.6 cm³/mol. The Morgan fingerprint density at radius 1 is 1.20 bits per heavy atom. The Hall–Kier alpha value is -0.570. The highest BCUT2D eigenvalue weighted by atomic mass is 16.4. The fourth-order valence-electron chi connectivity index (χ4n) is 4.06. The fourth-order valence-corrected chi connectivity index (χ4v) is 4.06. The molecule has 2 heterocycles. The van der Waals surface area contributed by atoms with Crippen LogP contribution in [0.2, 0.25) is 0 Å². The van der Waals surface area contributed by atoms with Gasteiger partial charge in [-0.3, -0.25) is 9.69 Å². The first-order valence-corrected chi connectivity index (χ1v) is 6.24. The molecule has 2 saturated heterocycles. The second-order valence-corrected chi connectivity index (χ2v) is 5.45. The molecule has 3 aliphatic rings. The number of rotatable bonds is 1. The number of nitrogens with zero attached hydrogens (tertiary/aromatic N) is 1. The number of carboxylic acid groups (broad SMARTS) is 1. The maximum absolute atomic E-state index is 11.0. The Bertz CT molecular complexity index is 279. The molecule has 15 heavy (non-hydrogen) atoms. The molecule has 3 rings (SSSR count). The third-order valence-electron chi connectivity index (χ3n) is 4.72. The van der Waals surface area contributed by atoms with E-state index in [0.717, 1.165) is 31.3 Å². The quantitative estimate of drug-likeness (QED) is 0.715. The maximum atomic E-state index is 11.0. The van der Waals surface area contributed by atoms with Crippen LogP contribution in [0.25, 0.3) is 0 Å². The molecule has 0 aromatic carbocycles. The van der Waals surface area contributed by atoms with E-state index in [0.29, 0.717) is 5.92 Å². The van der Waals surface area contributed by atoms with E-state index >= 15 is 0 Å². The molecular formula is C12H19NO2. The number of carboxylic acids is 1. The lowest BCUT2D eigenvalue weighted by atomic mass is 9.78. The van der Waals surface area contributed by atoms with Crippen molar-refractivity contribution in [1.82, 2.24) is 4.90 Å². The minimum Gasteiger partial charge on any atom is -0.481 e. The van der Waals surface area contributed by atoms with Crippen molar-refractivity contribution >= 4 is 5.97 Å². The van der Waals surface area contributed by atoms with Gasteiger partial charge in [0.05, 0.1) is 5.92 Å². The summed E-state index contributed by atoms with van der Waals surface area (Å²) in [6.07, 6.45) is 6.94. The van der Waals surface area contributed by atoms with Crippen LogP contribution in [0, 0.1) is 11.8 Å². The van der Waals surface area contributed by atoms with Gasteiger partial charge in [0.15, 0.2) is 0 Å². The molecule has 0 radical (unpaired) electrons. The van der Waals surface area contributed by atoms with Crippen molar-refractivity contribution in [3.63, 3.8) is 0 Å². The lowest BCUT2D eigenvalue weighted by Gasteiger charge is -2.33. The van der Waals surface area contributed by atoms with Crippen LogP contribution in [0.4, 0.5) is 0 Å². The molecule has 1 saturated carbocycles. The summed E-state index contributed by atoms with van der Waals surface area (Å²) in [5, 5.41) is 9.05. The third-order valence-corrected chi connectivity index (χ3v) is 4.72. The molecule has 0 amide bonds. The summed E-state index contributed by atoms with van der Waals surface area (Å²) in [6.45, 7) is 1.27. The van der Waals surface area contributed by atoms with Crippen LogP contribution in [0.15, 0.2) is 0 Å². The normalized spacial score (nSPS) is 45.1. The second kappa shape index (κ2) is 3.48. The van der Waals surface area contributed by atoms with Crippen LogP contribution >= 0.6 is 0 Å². The van der Waals surface area contributed by atoms with E-state index in [2.05, 4.69) is 4.90 Å². The smallest absolute Gasteiger partial charge is 0.306 e. The summed E-state index contributed by atoms with van der Waals surface area (Å²) in [5.74, 6) is 0.0666. The van der Waals surface area contributed by atoms with Crippen molar-refractivity contribution in [3.8, 4) is 0 Å². The number of carbonyl (C=O) groups is 1. The van der Waals surface area contributed by atoms with E-state index in [9.17, 15) is 4.79 Å². The first-order chi connectivity index (χ1) is 7.25. The minimum absolute atomic E-state index is 0.0497. The maximum Gasteiger partial charge on any atom is 0.306 e. The lowest BCUT2D eigenvalue weighted by molar-refractivity contribution is -0.143. The molecule has 3 nitrogen and oxygen atoms in total. The molecule has 2 aliphatic heterocycles. The van der Waals surface area contributed by atoms with E-state index in [4.69, 9.17) is 5.11 Å². The zero-order chi connectivity index (χ0) is 10.4. The average molecular weight is 209 g/mol. The summed E-state index contributed by atoms with van der Waals surface area (Å²) in [5.41, 5.74) is 0. The Balaban J connectivity index is 1.71. The Morgan fingerprint density at radius 3 is 2.87 bits per heavy atom. The molecule has 0 aromatic rings. The molecule has 0 unspecified atom stereocenters. The van der Waals surface area contributed by atoms with Gasteiger partial charge in [0.2, 0.25) is 0 Å². The summed E-state index contributed by atoms with van der Waals surface area (Å²) in [6, 6.07) is 1.53. The lowest BCUT2D eigenvalue weighted by Crippen LogP contribution is -2.38. The standard InChI is InChI=1S/C12H19NO2/c14-12(15)8-3-4-11-9(6-8)7-10-2-1-5-13(10)11/h8-11H,1-7H2,(H,14,15)/t8-,9+,10-,11-/m0/s1. The van der Waals surface area contributed by atoms with Crippen LogP contribution in [-0.4, -0.2) is 34.6 Å². The molecule has 3 fully saturated rings. The molecule has 3 heteroatoms. The van der Waals surface area contributed by atoms with Gasteiger partial charge in [0.1, 0.15) is 0 Å². The number of hydrogen-bond acceptors (Lipinski definition) is 2. The molecular weight excluding hydrogens is 190 g/mol. The van der Waals surface area contributed by atoms with Crippen molar-refractivity contribution in [1.29, 1.82) is 0 Å². The van der Waals surface area contributed by atoms with Crippen molar-refractivity contribution in [2.75, 3.05) is 6.54 Å². The van der Waals surface area contributed by atoms with Gasteiger partial charge >= 0.3 is 5.97 Å². The summed E-state index contributed by atoms with van der Waals surface area (Å²) < 4.78 is 0. The van der Waals surface area contributed by atoms with E-state index in [1.165, 1.54) is 25.8 Å². The zero-order valence-corrected chi connectivity index (χ0v) is 9.06. The Labute approximate surface area is 90.5 Å². The zero-order valence-electron chi connectivity index (χ0n) is 9.06. The van der Waals surface area contributed by atoms with E-state index in [1.807, 2.05) is 0 Å². The monoisotopic (exact) mass is 209 g/mol. The van der Waals surface area contributed by atoms with Crippen LogP contribution in [0.3, 0.4) is 0 Å². The third kappa shape index (κ3) is 1.48. The van der Waals surface area contributed by atoms with Gasteiger partial charge in [-0.15, -0.1) is 0 Å². The highest BCUT2D eigenvalue weighted by molar-refractivity contribution is 5.70. The molecule has 0 bridgehead atoms. The summed E-state index contributed by atoms with van der Waals surface area (Å²) in [4.78, 5) is 13.6. The van der Waals surface area contributed by atoms with Gasteiger partial charge in [-0.2, -0.15) is 0 Å². The molecule has 1 aliphatic carbocycles. The Morgan fingerprint density at radius 2 is 2.07 bits per heavy atom. The van der Waals surface area contributed by atoms with Crippen LogP contribution in [-0.2, 0) is 4.79 Å². The van der Waals surface area contributed by atoms with E-state index < -0.39 is 5.97 Å². The van der Waals surface area contributed by atoms with Gasteiger partial charge in [-0.05, 0) is 51.0 Å². The van der Waals surface area contributed by atoms with Gasteiger partial charge in [-0.25, -0.2) is 0 Å². The fraction of sp³-hybridized carbons (Fsp3) is 0.917. The second-order valence-electron chi connectivity index (χ2n) is 5.45. The summed E-state index contributed by atoms with van der Waals surface area (Å²) >= 11 is 0. The van der Waals surface area contributed by atoms with Crippen molar-refractivity contribution in [2.24, 2.45) is 11.8 Å². The van der Waals surface area contributed by atoms with Crippen molar-refractivity contribution in [3.05, 3.63) is 0 Å². The van der Waals surface area contributed by atoms with E-state index in [1.54, 1.807) is 0 Å². The summed E-state index contributed by atoms with van der Waals surface area (Å²) in [7, 11) is 0. The van der Waals surface area contributed by atoms with Crippen LogP contribution < -0.4 is 0 Å². The van der Waals surface area contributed by atoms with Crippen LogP contribution in [0.1, 0.15) is 38.5 Å². The van der Waals surface area contributed by atoms with Gasteiger partial charge in [-0.1, -0.05) is 0 Å². The van der Waals surface area contributed by atoms with Crippen LogP contribution in [0.5, 0.6) is 0 Å². The molecule has 0 spiro atoms. The number of aliphatic carboxylic acids is 1. The minimum atomic E-state index is -0.569. The highest BCUT2D eigenvalue weighted by Gasteiger charge is 2.46. The first-order valence-electron chi connectivity index (χ1n) is 6.24. The molecule has 84 valence electrons. The SMILES string of the molecule is O=C(O)[C@H]1CC[C@H]2[C@H](C1)C[C@@H]1CCCN12. The Kier molecular flexibility index (Phi) is 2.23. The largest absolute Gasteiger partial charge is 0.481 e. The van der Waals surface area contributed by atoms with E-state index in [-0.39, 0.29) is 5.92 Å². The van der Waals surface area contributed by atoms with Gasteiger partial charge in [0, 0.05) is 12.1 Å². The highest BCUT2D eigenvalue weighted by Crippen LogP contribution is 2.45.